The Morgan fingerprint density at radius 3 is 2.77 bits per heavy atom. The zero-order valence-corrected chi connectivity index (χ0v) is 7.86. The molecular weight excluding hydrogens is 244 g/mol. The zero-order valence-electron chi connectivity index (χ0n) is 6.27. The maximum Gasteiger partial charge on any atom is 0.352 e. The number of amides is 1. The number of hydrogen-bond donors (Lipinski definition) is 1. The summed E-state index contributed by atoms with van der Waals surface area (Å²) in [4.78, 5) is 10.8. The van der Waals surface area contributed by atoms with Gasteiger partial charge in [-0.25, -0.2) is 0 Å². The highest BCUT2D eigenvalue weighted by atomic mass is 79.9. The first kappa shape index (κ1) is 8.62. The van der Waals surface area contributed by atoms with E-state index in [1.165, 1.54) is 18.2 Å². The predicted octanol–water partition coefficient (Wildman–Crippen LogP) is 2.49. The predicted molar refractivity (Wildman–Crippen MR) is 46.7 cm³/mol. The summed E-state index contributed by atoms with van der Waals surface area (Å²) in [6, 6.07) is 4.17. The third-order valence-electron chi connectivity index (χ3n) is 1.85. The van der Waals surface area contributed by atoms with Gasteiger partial charge >= 0.3 is 5.92 Å². The molecular formula is C8H4BrF2NO. The van der Waals surface area contributed by atoms with Crippen LogP contribution >= 0.6 is 15.9 Å². The molecule has 0 aliphatic carbocycles. The van der Waals surface area contributed by atoms with Crippen molar-refractivity contribution in [3.8, 4) is 0 Å². The molecule has 68 valence electrons. The van der Waals surface area contributed by atoms with Gasteiger partial charge in [0.15, 0.2) is 0 Å². The van der Waals surface area contributed by atoms with Crippen LogP contribution < -0.4 is 5.32 Å². The van der Waals surface area contributed by atoms with Gasteiger partial charge in [0.1, 0.15) is 0 Å². The van der Waals surface area contributed by atoms with Gasteiger partial charge in [-0.2, -0.15) is 8.78 Å². The molecule has 0 unspecified atom stereocenters. The first-order chi connectivity index (χ1) is 6.01. The lowest BCUT2D eigenvalue weighted by Crippen LogP contribution is -2.23. The highest BCUT2D eigenvalue weighted by Gasteiger charge is 2.48. The number of benzene rings is 1. The van der Waals surface area contributed by atoms with Gasteiger partial charge in [-0.3, -0.25) is 4.79 Å². The molecule has 2 rings (SSSR count). The lowest BCUT2D eigenvalue weighted by atomic mass is 10.1. The molecule has 0 fully saturated rings. The number of fused-ring (bicyclic) bond motifs is 1. The third kappa shape index (κ3) is 1.14. The second kappa shape index (κ2) is 2.51. The van der Waals surface area contributed by atoms with Gasteiger partial charge in [0.2, 0.25) is 0 Å². The quantitative estimate of drug-likeness (QED) is 0.750. The molecule has 1 aliphatic heterocycles. The summed E-state index contributed by atoms with van der Waals surface area (Å²) >= 11 is 3.13. The lowest BCUT2D eigenvalue weighted by Gasteiger charge is -2.05. The van der Waals surface area contributed by atoms with Crippen LogP contribution in [0.25, 0.3) is 0 Å². The van der Waals surface area contributed by atoms with Crippen LogP contribution in [-0.4, -0.2) is 5.91 Å². The molecule has 5 heteroatoms. The fraction of sp³-hybridized carbons (Fsp3) is 0.125. The molecule has 1 N–H and O–H groups in total. The minimum Gasteiger partial charge on any atom is -0.320 e. The van der Waals surface area contributed by atoms with E-state index in [-0.39, 0.29) is 11.3 Å². The van der Waals surface area contributed by atoms with E-state index in [0.717, 1.165) is 0 Å². The van der Waals surface area contributed by atoms with Crippen molar-refractivity contribution < 1.29 is 13.6 Å². The molecule has 0 atom stereocenters. The number of anilines is 1. The fourth-order valence-corrected chi connectivity index (χ4v) is 1.58. The Morgan fingerprint density at radius 2 is 2.08 bits per heavy atom. The molecule has 0 bridgehead atoms. The average Bonchev–Trinajstić information content (AvgIpc) is 2.23. The lowest BCUT2D eigenvalue weighted by molar-refractivity contribution is -0.139. The van der Waals surface area contributed by atoms with Crippen LogP contribution in [0.1, 0.15) is 5.56 Å². The van der Waals surface area contributed by atoms with E-state index in [1.54, 1.807) is 0 Å². The zero-order chi connectivity index (χ0) is 9.64. The van der Waals surface area contributed by atoms with Gasteiger partial charge in [0, 0.05) is 4.47 Å². The molecule has 2 nitrogen and oxygen atoms in total. The van der Waals surface area contributed by atoms with Crippen molar-refractivity contribution in [3.05, 3.63) is 28.2 Å². The molecule has 13 heavy (non-hydrogen) atoms. The van der Waals surface area contributed by atoms with Crippen LogP contribution in [0.3, 0.4) is 0 Å². The van der Waals surface area contributed by atoms with E-state index >= 15 is 0 Å². The second-order valence-electron chi connectivity index (χ2n) is 2.72. The molecule has 1 aromatic rings. The van der Waals surface area contributed by atoms with Gasteiger partial charge in [0.05, 0.1) is 11.3 Å². The van der Waals surface area contributed by atoms with Crippen molar-refractivity contribution in [2.75, 3.05) is 5.32 Å². The summed E-state index contributed by atoms with van der Waals surface area (Å²) in [5.74, 6) is -4.66. The highest BCUT2D eigenvalue weighted by Crippen LogP contribution is 2.41. The maximum absolute atomic E-state index is 13.0. The summed E-state index contributed by atoms with van der Waals surface area (Å²) in [7, 11) is 0. The molecule has 1 amide bonds. The maximum atomic E-state index is 13.0. The number of rotatable bonds is 0. The fourth-order valence-electron chi connectivity index (χ4n) is 1.22. The molecule has 0 radical (unpaired) electrons. The number of alkyl halides is 2. The smallest absolute Gasteiger partial charge is 0.320 e. The first-order valence-corrected chi connectivity index (χ1v) is 4.30. The van der Waals surface area contributed by atoms with Gasteiger partial charge < -0.3 is 5.32 Å². The summed E-state index contributed by atoms with van der Waals surface area (Å²) in [6.07, 6.45) is 0. The Kier molecular flexibility index (Phi) is 1.66. The van der Waals surface area contributed by atoms with E-state index in [1.807, 2.05) is 0 Å². The van der Waals surface area contributed by atoms with Crippen molar-refractivity contribution in [1.82, 2.24) is 0 Å². The van der Waals surface area contributed by atoms with E-state index in [2.05, 4.69) is 21.2 Å². The topological polar surface area (TPSA) is 29.1 Å². The molecule has 0 spiro atoms. The van der Waals surface area contributed by atoms with Gasteiger partial charge in [-0.1, -0.05) is 15.9 Å². The van der Waals surface area contributed by atoms with E-state index in [0.29, 0.717) is 4.47 Å². The molecule has 0 saturated heterocycles. The Bertz CT molecular complexity index is 392. The van der Waals surface area contributed by atoms with Crippen LogP contribution in [0.5, 0.6) is 0 Å². The number of hydrogen-bond acceptors (Lipinski definition) is 1. The van der Waals surface area contributed by atoms with Gasteiger partial charge in [-0.15, -0.1) is 0 Å². The molecule has 0 aromatic heterocycles. The standard InChI is InChI=1S/C8H4BrF2NO/c9-4-1-2-5-6(3-4)12-7(13)8(5,10)11/h1-3H,(H,12,13). The number of halogens is 3. The molecule has 1 heterocycles. The van der Waals surface area contributed by atoms with Crippen LogP contribution in [0, 0.1) is 0 Å². The Labute approximate surface area is 81.1 Å². The minimum absolute atomic E-state index is 0.171. The van der Waals surface area contributed by atoms with E-state index < -0.39 is 11.8 Å². The number of nitrogens with one attached hydrogen (secondary N) is 1. The highest BCUT2D eigenvalue weighted by molar-refractivity contribution is 9.10. The van der Waals surface area contributed by atoms with Crippen molar-refractivity contribution in [2.24, 2.45) is 0 Å². The Balaban J connectivity index is 2.62. The normalized spacial score (nSPS) is 18.2. The summed E-state index contributed by atoms with van der Waals surface area (Å²) in [5, 5.41) is 2.11. The largest absolute Gasteiger partial charge is 0.352 e. The minimum atomic E-state index is -3.39. The van der Waals surface area contributed by atoms with Crippen molar-refractivity contribution >= 4 is 27.5 Å². The number of carbonyl (C=O) groups is 1. The summed E-state index contributed by atoms with van der Waals surface area (Å²) in [6.45, 7) is 0. The molecule has 0 saturated carbocycles. The van der Waals surface area contributed by atoms with Crippen LogP contribution in [0.2, 0.25) is 0 Å². The van der Waals surface area contributed by atoms with E-state index in [9.17, 15) is 13.6 Å². The van der Waals surface area contributed by atoms with Crippen molar-refractivity contribution in [2.45, 2.75) is 5.92 Å². The summed E-state index contributed by atoms with van der Waals surface area (Å²) < 4.78 is 26.7. The Morgan fingerprint density at radius 1 is 1.38 bits per heavy atom. The second-order valence-corrected chi connectivity index (χ2v) is 3.63. The summed E-state index contributed by atoms with van der Waals surface area (Å²) in [5.41, 5.74) is -0.0925. The molecule has 1 aromatic carbocycles. The van der Waals surface area contributed by atoms with E-state index in [4.69, 9.17) is 0 Å². The Hall–Kier alpha value is -0.970. The van der Waals surface area contributed by atoms with Gasteiger partial charge in [-0.05, 0) is 18.2 Å². The third-order valence-corrected chi connectivity index (χ3v) is 2.35. The van der Waals surface area contributed by atoms with Crippen LogP contribution in [0.15, 0.2) is 22.7 Å². The van der Waals surface area contributed by atoms with Crippen LogP contribution in [0.4, 0.5) is 14.5 Å². The number of carbonyl (C=O) groups excluding carboxylic acids is 1. The monoisotopic (exact) mass is 247 g/mol. The average molecular weight is 248 g/mol. The first-order valence-electron chi connectivity index (χ1n) is 3.51. The SMILES string of the molecule is O=C1Nc2cc(Br)ccc2C1(F)F. The van der Waals surface area contributed by atoms with Crippen molar-refractivity contribution in [3.63, 3.8) is 0 Å². The van der Waals surface area contributed by atoms with Crippen molar-refractivity contribution in [1.29, 1.82) is 0 Å². The molecule has 1 aliphatic rings. The van der Waals surface area contributed by atoms with Gasteiger partial charge in [0.25, 0.3) is 5.91 Å². The van der Waals surface area contributed by atoms with Crippen LogP contribution in [-0.2, 0) is 10.7 Å².